The number of ether oxygens (including phenoxy) is 3. The molecule has 5 rings (SSSR count). The molecule has 0 aliphatic heterocycles. The number of nitrogens with zero attached hydrogens (tertiary/aromatic N) is 1. The highest BCUT2D eigenvalue weighted by molar-refractivity contribution is 9.10. The van der Waals surface area contributed by atoms with Crippen molar-refractivity contribution in [1.82, 2.24) is 10.3 Å². The fourth-order valence-corrected chi connectivity index (χ4v) is 6.22. The van der Waals surface area contributed by atoms with Crippen molar-refractivity contribution in [2.75, 3.05) is 13.7 Å². The van der Waals surface area contributed by atoms with Crippen molar-refractivity contribution in [3.8, 4) is 11.5 Å². The zero-order valence-electron chi connectivity index (χ0n) is 21.9. The van der Waals surface area contributed by atoms with Crippen molar-refractivity contribution in [2.45, 2.75) is 44.7 Å². The summed E-state index contributed by atoms with van der Waals surface area (Å²) in [5, 5.41) is 3.16. The molecule has 2 aliphatic rings. The Morgan fingerprint density at radius 1 is 1.00 bits per heavy atom. The minimum absolute atomic E-state index is 0.00553. The van der Waals surface area contributed by atoms with E-state index < -0.39 is 11.7 Å². The van der Waals surface area contributed by atoms with Crippen LogP contribution in [-0.4, -0.2) is 30.6 Å². The first kappa shape index (κ1) is 28.4. The molecule has 2 saturated carbocycles. The molecule has 0 saturated heterocycles. The summed E-state index contributed by atoms with van der Waals surface area (Å²) in [6, 6.07) is 16.5. The topological polar surface area (TPSA) is 69.7 Å². The second kappa shape index (κ2) is 12.2. The first-order valence-corrected chi connectivity index (χ1v) is 14.0. The van der Waals surface area contributed by atoms with Gasteiger partial charge in [-0.15, -0.1) is 0 Å². The number of fused-ring (bicyclic) bond motifs is 2. The molecular formula is C30H30BrF3N2O4. The van der Waals surface area contributed by atoms with Crippen LogP contribution in [0.1, 0.15) is 46.4 Å². The molecule has 3 aromatic rings. The molecule has 10 heteroatoms. The van der Waals surface area contributed by atoms with Gasteiger partial charge in [-0.1, -0.05) is 42.5 Å². The predicted octanol–water partition coefficient (Wildman–Crippen LogP) is 6.81. The second-order valence-electron chi connectivity index (χ2n) is 10.4. The quantitative estimate of drug-likeness (QED) is 0.253. The smallest absolute Gasteiger partial charge is 0.416 e. The van der Waals surface area contributed by atoms with Crippen LogP contribution in [-0.2, 0) is 24.1 Å². The fraction of sp³-hybridized carbons (Fsp3) is 0.400. The van der Waals surface area contributed by atoms with Gasteiger partial charge in [0.05, 0.1) is 25.9 Å². The van der Waals surface area contributed by atoms with E-state index in [2.05, 4.69) is 26.2 Å². The molecule has 1 heterocycles. The van der Waals surface area contributed by atoms with E-state index >= 15 is 0 Å². The number of aromatic nitrogens is 1. The maximum Gasteiger partial charge on any atom is 0.416 e. The Kier molecular flexibility index (Phi) is 8.65. The highest BCUT2D eigenvalue weighted by Crippen LogP contribution is 2.49. The van der Waals surface area contributed by atoms with Crippen molar-refractivity contribution >= 4 is 21.8 Å². The van der Waals surface area contributed by atoms with Gasteiger partial charge in [-0.25, -0.2) is 4.98 Å². The van der Waals surface area contributed by atoms with E-state index in [4.69, 9.17) is 14.2 Å². The molecule has 1 amide bonds. The number of rotatable bonds is 10. The highest BCUT2D eigenvalue weighted by Gasteiger charge is 2.46. The Labute approximate surface area is 239 Å². The second-order valence-corrected chi connectivity index (χ2v) is 11.2. The van der Waals surface area contributed by atoms with Crippen LogP contribution in [0.4, 0.5) is 13.2 Å². The van der Waals surface area contributed by atoms with Crippen molar-refractivity contribution in [1.29, 1.82) is 0 Å². The number of hydrogen-bond donors (Lipinski definition) is 1. The zero-order chi connectivity index (χ0) is 28.3. The predicted molar refractivity (Wildman–Crippen MR) is 146 cm³/mol. The highest BCUT2D eigenvalue weighted by atomic mass is 79.9. The van der Waals surface area contributed by atoms with Crippen molar-refractivity contribution in [2.24, 2.45) is 17.8 Å². The molecule has 40 heavy (non-hydrogen) atoms. The van der Waals surface area contributed by atoms with E-state index in [1.807, 2.05) is 30.3 Å². The molecule has 1 N–H and O–H groups in total. The van der Waals surface area contributed by atoms with Gasteiger partial charge >= 0.3 is 6.18 Å². The maximum absolute atomic E-state index is 13.4. The minimum Gasteiger partial charge on any atom is -0.493 e. The van der Waals surface area contributed by atoms with Crippen LogP contribution in [0, 0.1) is 17.8 Å². The molecule has 1 aromatic heterocycles. The van der Waals surface area contributed by atoms with E-state index in [0.717, 1.165) is 37.0 Å². The SMILES string of the molecule is COc1cc(Br)nc(C(=O)NC2CC3CC2C[C@@H]3COCc2cccc(C(F)(F)F)c2)c1OCc1ccccc1. The molecule has 2 fully saturated rings. The van der Waals surface area contributed by atoms with Crippen LogP contribution in [0.2, 0.25) is 0 Å². The molecule has 6 nitrogen and oxygen atoms in total. The first-order valence-electron chi connectivity index (χ1n) is 13.2. The maximum atomic E-state index is 13.4. The zero-order valence-corrected chi connectivity index (χ0v) is 23.5. The molecule has 2 bridgehead atoms. The van der Waals surface area contributed by atoms with Crippen LogP contribution < -0.4 is 14.8 Å². The number of hydrogen-bond acceptors (Lipinski definition) is 5. The fourth-order valence-electron chi connectivity index (χ4n) is 5.83. The Hall–Kier alpha value is -3.11. The molecular weight excluding hydrogens is 589 g/mol. The van der Waals surface area contributed by atoms with Crippen LogP contribution >= 0.6 is 15.9 Å². The molecule has 0 spiro atoms. The van der Waals surface area contributed by atoms with Crippen LogP contribution in [0.3, 0.4) is 0 Å². The molecule has 3 unspecified atom stereocenters. The standard InChI is InChI=1S/C30H30BrF3N2O4/c1-38-25-14-26(31)36-27(28(25)40-16-18-6-3-2-4-7-18)29(37)35-24-13-20-11-21(24)12-22(20)17-39-15-19-8-5-9-23(10-19)30(32,33)34/h2-10,14,20-22,24H,11-13,15-17H2,1H3,(H,35,37)/t20?,21?,22-,24?/m1/s1. The summed E-state index contributed by atoms with van der Waals surface area (Å²) < 4.78 is 56.7. The Balaban J connectivity index is 1.17. The molecule has 212 valence electrons. The number of halogens is 4. The molecule has 2 aromatic carbocycles. The number of amides is 1. The summed E-state index contributed by atoms with van der Waals surface area (Å²) in [5.74, 6) is 1.38. The average Bonchev–Trinajstić information content (AvgIpc) is 3.52. The summed E-state index contributed by atoms with van der Waals surface area (Å²) in [5.41, 5.74) is 0.947. The Bertz CT molecular complexity index is 1340. The summed E-state index contributed by atoms with van der Waals surface area (Å²) >= 11 is 3.36. The first-order chi connectivity index (χ1) is 19.2. The van der Waals surface area contributed by atoms with Crippen molar-refractivity contribution in [3.05, 3.63) is 87.7 Å². The molecule has 0 radical (unpaired) electrons. The summed E-state index contributed by atoms with van der Waals surface area (Å²) in [4.78, 5) is 17.8. The number of pyridine rings is 1. The number of carbonyl (C=O) groups excluding carboxylic acids is 1. The summed E-state index contributed by atoms with van der Waals surface area (Å²) in [6.07, 6.45) is -1.68. The number of methoxy groups -OCH3 is 1. The van der Waals surface area contributed by atoms with Crippen molar-refractivity contribution in [3.63, 3.8) is 0 Å². The number of benzene rings is 2. The lowest BCUT2D eigenvalue weighted by Crippen LogP contribution is -2.40. The van der Waals surface area contributed by atoms with Gasteiger partial charge < -0.3 is 19.5 Å². The summed E-state index contributed by atoms with van der Waals surface area (Å²) in [7, 11) is 1.52. The van der Waals surface area contributed by atoms with E-state index in [1.54, 1.807) is 12.1 Å². The van der Waals surface area contributed by atoms with Crippen molar-refractivity contribution < 1.29 is 32.2 Å². The van der Waals surface area contributed by atoms with Crippen LogP contribution in [0.5, 0.6) is 11.5 Å². The van der Waals surface area contributed by atoms with Crippen LogP contribution in [0.25, 0.3) is 0 Å². The van der Waals surface area contributed by atoms with Gasteiger partial charge in [0.2, 0.25) is 0 Å². The van der Waals surface area contributed by atoms with Crippen LogP contribution in [0.15, 0.2) is 65.3 Å². The van der Waals surface area contributed by atoms with Gasteiger partial charge in [0, 0.05) is 12.1 Å². The monoisotopic (exact) mass is 618 g/mol. The van der Waals surface area contributed by atoms with Gasteiger partial charge in [0.25, 0.3) is 5.91 Å². The lowest BCUT2D eigenvalue weighted by atomic mass is 9.86. The van der Waals surface area contributed by atoms with E-state index in [1.165, 1.54) is 13.2 Å². The largest absolute Gasteiger partial charge is 0.493 e. The number of nitrogens with one attached hydrogen (secondary N) is 1. The van der Waals surface area contributed by atoms with E-state index in [-0.39, 0.29) is 36.6 Å². The molecule has 2 aliphatic carbocycles. The summed E-state index contributed by atoms with van der Waals surface area (Å²) in [6.45, 7) is 0.886. The van der Waals surface area contributed by atoms with Gasteiger partial charge in [0.15, 0.2) is 17.2 Å². The third kappa shape index (κ3) is 6.61. The van der Waals surface area contributed by atoms with E-state index in [0.29, 0.717) is 40.3 Å². The molecule has 4 atom stereocenters. The minimum atomic E-state index is -4.37. The average molecular weight is 619 g/mol. The normalized spacial score (nSPS) is 21.8. The third-order valence-electron chi connectivity index (χ3n) is 7.74. The Morgan fingerprint density at radius 3 is 2.48 bits per heavy atom. The lowest BCUT2D eigenvalue weighted by molar-refractivity contribution is -0.137. The van der Waals surface area contributed by atoms with E-state index in [9.17, 15) is 18.0 Å². The van der Waals surface area contributed by atoms with Gasteiger partial charge in [0.1, 0.15) is 11.2 Å². The number of carbonyl (C=O) groups is 1. The third-order valence-corrected chi connectivity index (χ3v) is 8.15. The Morgan fingerprint density at radius 2 is 1.77 bits per heavy atom. The van der Waals surface area contributed by atoms with Gasteiger partial charge in [-0.3, -0.25) is 4.79 Å². The van der Waals surface area contributed by atoms with Gasteiger partial charge in [-0.2, -0.15) is 13.2 Å². The number of alkyl halides is 3. The van der Waals surface area contributed by atoms with Gasteiger partial charge in [-0.05, 0) is 76.2 Å². The lowest BCUT2D eigenvalue weighted by Gasteiger charge is -2.28.